The van der Waals surface area contributed by atoms with E-state index in [1.807, 2.05) is 60.7 Å². The summed E-state index contributed by atoms with van der Waals surface area (Å²) in [7, 11) is 0. The fraction of sp³-hybridized carbons (Fsp3) is 0.364. The van der Waals surface area contributed by atoms with Crippen LogP contribution in [0.4, 0.5) is 11.4 Å². The first-order valence-electron chi connectivity index (χ1n) is 19.2. The second-order valence-corrected chi connectivity index (χ2v) is 15.6. The van der Waals surface area contributed by atoms with Gasteiger partial charge in [-0.3, -0.25) is 0 Å². The van der Waals surface area contributed by atoms with Gasteiger partial charge in [0.15, 0.2) is 9.87 Å². The minimum Gasteiger partial charge on any atom is -0.489 e. The van der Waals surface area contributed by atoms with E-state index in [0.717, 1.165) is 11.1 Å². The van der Waals surface area contributed by atoms with Gasteiger partial charge in [-0.1, -0.05) is 97.7 Å². The van der Waals surface area contributed by atoms with Crippen molar-refractivity contribution in [2.45, 2.75) is 59.6 Å². The Balaban J connectivity index is 1.33. The highest BCUT2D eigenvalue weighted by Crippen LogP contribution is 2.50. The molecule has 2 aliphatic rings. The summed E-state index contributed by atoms with van der Waals surface area (Å²) in [6.45, 7) is 6.26. The second-order valence-electron chi connectivity index (χ2n) is 14.1. The number of hydrogen-bond donors (Lipinski definition) is 8. The predicted molar refractivity (Wildman–Crippen MR) is 224 cm³/mol. The number of aliphatic hydroxyl groups excluding tert-OH is 4. The topological polar surface area (TPSA) is 201 Å². The molecule has 2 aliphatic heterocycles. The third-order valence-electron chi connectivity index (χ3n) is 9.82. The highest BCUT2D eigenvalue weighted by atomic mass is 32.2. The Labute approximate surface area is 347 Å². The molecule has 0 bridgehead atoms. The Morgan fingerprint density at radius 3 is 1.34 bits per heavy atom. The average Bonchev–Trinajstić information content (AvgIpc) is 3.24. The van der Waals surface area contributed by atoms with E-state index in [9.17, 15) is 30.6 Å². The Morgan fingerprint density at radius 1 is 0.610 bits per heavy atom. The van der Waals surface area contributed by atoms with Crippen molar-refractivity contribution >= 4 is 23.1 Å². The molecule has 0 unspecified atom stereocenters. The molecule has 0 amide bonds. The first kappa shape index (κ1) is 43.8. The van der Waals surface area contributed by atoms with Crippen LogP contribution in [-0.2, 0) is 22.7 Å². The van der Waals surface area contributed by atoms with Crippen molar-refractivity contribution in [2.24, 2.45) is 0 Å². The van der Waals surface area contributed by atoms with Gasteiger partial charge in [-0.05, 0) is 11.1 Å². The van der Waals surface area contributed by atoms with E-state index in [1.165, 1.54) is 0 Å². The van der Waals surface area contributed by atoms with Crippen LogP contribution in [0.1, 0.15) is 11.1 Å². The Morgan fingerprint density at radius 2 is 0.983 bits per heavy atom. The largest absolute Gasteiger partial charge is 0.489 e. The molecule has 2 saturated heterocycles. The minimum atomic E-state index is -2.35. The van der Waals surface area contributed by atoms with Gasteiger partial charge < -0.3 is 69.7 Å². The van der Waals surface area contributed by atoms with Crippen molar-refractivity contribution in [1.82, 2.24) is 0 Å². The van der Waals surface area contributed by atoms with Crippen molar-refractivity contribution in [3.8, 4) is 23.0 Å². The van der Waals surface area contributed by atoms with E-state index in [1.54, 1.807) is 48.6 Å². The number of hydrogen-bond acceptors (Lipinski definition) is 15. The molecule has 4 aromatic rings. The summed E-state index contributed by atoms with van der Waals surface area (Å²) in [5.74, 6) is 1.61. The second kappa shape index (κ2) is 20.4. The number of anilines is 2. The van der Waals surface area contributed by atoms with Gasteiger partial charge in [-0.25, -0.2) is 0 Å². The number of thioether (sulfide) groups is 1. The normalized spacial score (nSPS) is 26.6. The highest BCUT2D eigenvalue weighted by molar-refractivity contribution is 8.01. The molecule has 14 nitrogen and oxygen atoms in total. The molecule has 8 N–H and O–H groups in total. The zero-order chi connectivity index (χ0) is 41.8. The van der Waals surface area contributed by atoms with Crippen LogP contribution in [0.15, 0.2) is 122 Å². The van der Waals surface area contributed by atoms with Crippen molar-refractivity contribution in [1.29, 1.82) is 0 Å². The summed E-state index contributed by atoms with van der Waals surface area (Å²) < 4.78 is 35.4. The smallest absolute Gasteiger partial charge is 0.164 e. The van der Waals surface area contributed by atoms with E-state index < -0.39 is 59.6 Å². The predicted octanol–water partition coefficient (Wildman–Crippen LogP) is 3.85. The average molecular weight is 833 g/mol. The maximum absolute atomic E-state index is 12.7. The summed E-state index contributed by atoms with van der Waals surface area (Å²) in [4.78, 5) is -4.70. The van der Waals surface area contributed by atoms with E-state index in [4.69, 9.17) is 28.4 Å². The van der Waals surface area contributed by atoms with Crippen LogP contribution in [0.5, 0.6) is 23.0 Å². The molecule has 0 aromatic heterocycles. The lowest BCUT2D eigenvalue weighted by Gasteiger charge is -2.54. The summed E-state index contributed by atoms with van der Waals surface area (Å²) in [5.41, 5.74) is 2.57. The molecule has 0 radical (unpaired) electrons. The number of rotatable bonds is 20. The molecule has 2 heterocycles. The molecule has 0 saturated carbocycles. The number of benzene rings is 4. The van der Waals surface area contributed by atoms with Gasteiger partial charge in [0.25, 0.3) is 0 Å². The van der Waals surface area contributed by atoms with Gasteiger partial charge in [-0.2, -0.15) is 0 Å². The number of nitrogens with one attached hydrogen (secondary N) is 2. The van der Waals surface area contributed by atoms with Crippen LogP contribution in [0, 0.1) is 0 Å². The number of ether oxygens (including phenoxy) is 6. The van der Waals surface area contributed by atoms with Gasteiger partial charge in [-0.15, -0.1) is 0 Å². The Bertz CT molecular complexity index is 1820. The molecule has 15 heteroatoms. The van der Waals surface area contributed by atoms with Crippen LogP contribution >= 0.6 is 11.8 Å². The SMILES string of the molecule is C=CCOc1cc(N[C@H]2[C@@H](O)CO[C@H](CO)[C@]2(O)S[C@@]2(O)[C@@H](CO)OC[C@H](O)[C@@H]2Nc2cc(OCC=C)cc(OCc3ccccc3)c2)cc(OCc2ccccc2)c1. The maximum Gasteiger partial charge on any atom is 0.164 e. The van der Waals surface area contributed by atoms with E-state index >= 15 is 0 Å². The molecule has 0 spiro atoms. The van der Waals surface area contributed by atoms with Gasteiger partial charge in [0.2, 0.25) is 0 Å². The van der Waals surface area contributed by atoms with Crippen LogP contribution in [0.2, 0.25) is 0 Å². The van der Waals surface area contributed by atoms with Crippen LogP contribution < -0.4 is 29.6 Å². The van der Waals surface area contributed by atoms with E-state index in [2.05, 4.69) is 23.8 Å². The Kier molecular flexibility index (Phi) is 15.2. The van der Waals surface area contributed by atoms with Crippen molar-refractivity contribution in [3.63, 3.8) is 0 Å². The Hall–Kier alpha value is -4.81. The minimum absolute atomic E-state index is 0.185. The third-order valence-corrected chi connectivity index (χ3v) is 11.5. The van der Waals surface area contributed by atoms with Crippen molar-refractivity contribution < 1.29 is 59.1 Å². The fourth-order valence-corrected chi connectivity index (χ4v) is 8.65. The molecule has 6 rings (SSSR count). The zero-order valence-electron chi connectivity index (χ0n) is 32.5. The molecular weight excluding hydrogens is 781 g/mol. The van der Waals surface area contributed by atoms with Gasteiger partial charge in [0.1, 0.15) is 73.8 Å². The highest BCUT2D eigenvalue weighted by Gasteiger charge is 2.62. The molecule has 2 fully saturated rings. The van der Waals surface area contributed by atoms with E-state index in [0.29, 0.717) is 46.1 Å². The van der Waals surface area contributed by atoms with Crippen LogP contribution in [0.25, 0.3) is 0 Å². The maximum atomic E-state index is 12.7. The molecule has 316 valence electrons. The molecule has 0 aliphatic carbocycles. The molecular formula is C44H52N2O12S. The quantitative estimate of drug-likeness (QED) is 0.0472. The van der Waals surface area contributed by atoms with Crippen LogP contribution in [0.3, 0.4) is 0 Å². The van der Waals surface area contributed by atoms with Crippen molar-refractivity contribution in [3.05, 3.63) is 133 Å². The lowest BCUT2D eigenvalue weighted by Crippen LogP contribution is -2.71. The molecule has 4 aromatic carbocycles. The summed E-state index contributed by atoms with van der Waals surface area (Å²) in [6.07, 6.45) is -2.41. The first-order chi connectivity index (χ1) is 28.6. The standard InChI is InChI=1S/C44H52N2O12S/c1-3-15-53-33-17-31(19-35(21-33)55-25-29-11-7-5-8-12-29)45-41-37(49)27-57-39(23-47)43(41,51)59-44(52)40(24-48)58-28-38(50)42(44)46-32-18-34(54-16-4-2)22-36(20-32)56-26-30-13-9-6-10-14-30/h3-14,17-22,37-42,45-52H,1-2,15-16,23-28H2/t37-,38-,39+,40+,41-,42-,43-,44-/m0/s1. The summed E-state index contributed by atoms with van der Waals surface area (Å²) >= 11 is 0.478. The van der Waals surface area contributed by atoms with Gasteiger partial charge in [0.05, 0.1) is 38.5 Å². The zero-order valence-corrected chi connectivity index (χ0v) is 33.3. The lowest BCUT2D eigenvalue weighted by molar-refractivity contribution is -0.174. The van der Waals surface area contributed by atoms with Gasteiger partial charge in [0, 0.05) is 47.8 Å². The summed E-state index contributed by atoms with van der Waals surface area (Å²) in [5, 5.41) is 76.0. The monoisotopic (exact) mass is 832 g/mol. The van der Waals surface area contributed by atoms with Gasteiger partial charge >= 0.3 is 0 Å². The first-order valence-corrected chi connectivity index (χ1v) is 20.0. The van der Waals surface area contributed by atoms with Crippen LogP contribution in [-0.4, -0.2) is 117 Å². The molecule has 8 atom stereocenters. The summed E-state index contributed by atoms with van der Waals surface area (Å²) in [6, 6.07) is 26.4. The van der Waals surface area contributed by atoms with E-state index in [-0.39, 0.29) is 39.6 Å². The fourth-order valence-electron chi connectivity index (χ4n) is 6.89. The lowest BCUT2D eigenvalue weighted by atomic mass is 9.95. The molecule has 59 heavy (non-hydrogen) atoms. The third kappa shape index (κ3) is 10.9. The number of aliphatic hydroxyl groups is 6. The van der Waals surface area contributed by atoms with Crippen molar-refractivity contribution in [2.75, 3.05) is 50.3 Å².